The predicted octanol–water partition coefficient (Wildman–Crippen LogP) is 6.23. The van der Waals surface area contributed by atoms with Gasteiger partial charge in [-0.25, -0.2) is 28.3 Å². The molecular weight excluding hydrogens is 530 g/mol. The van der Waals surface area contributed by atoms with E-state index in [1.165, 1.54) is 11.4 Å². The molecule has 12 heteroatoms. The summed E-state index contributed by atoms with van der Waals surface area (Å²) >= 11 is 1.02. The first-order chi connectivity index (χ1) is 18.1. The van der Waals surface area contributed by atoms with E-state index in [2.05, 4.69) is 15.6 Å². The molecule has 0 saturated heterocycles. The lowest BCUT2D eigenvalue weighted by atomic mass is 9.90. The highest BCUT2D eigenvalue weighted by Gasteiger charge is 2.41. The van der Waals surface area contributed by atoms with Crippen LogP contribution in [0.1, 0.15) is 83.1 Å². The van der Waals surface area contributed by atoms with Crippen LogP contribution in [0.4, 0.5) is 24.2 Å². The van der Waals surface area contributed by atoms with Gasteiger partial charge in [-0.1, -0.05) is 12.8 Å². The molecule has 1 aliphatic carbocycles. The number of nitrogens with one attached hydrogen (secondary N) is 2. The molecule has 1 aliphatic heterocycles. The highest BCUT2D eigenvalue weighted by Crippen LogP contribution is 2.39. The van der Waals surface area contributed by atoms with Crippen LogP contribution in [-0.4, -0.2) is 51.3 Å². The van der Waals surface area contributed by atoms with Gasteiger partial charge in [0, 0.05) is 17.0 Å². The van der Waals surface area contributed by atoms with Crippen LogP contribution in [0, 0.1) is 11.6 Å². The van der Waals surface area contributed by atoms with E-state index in [0.29, 0.717) is 17.7 Å². The number of amides is 3. The van der Waals surface area contributed by atoms with Gasteiger partial charge in [-0.05, 0) is 60.5 Å². The van der Waals surface area contributed by atoms with Crippen LogP contribution in [0.5, 0.6) is 0 Å². The number of aromatic nitrogens is 1. The molecule has 3 heterocycles. The number of alkyl carbamates (subject to hydrolysis) is 1. The Kier molecular flexibility index (Phi) is 7.89. The molecule has 4 rings (SSSR count). The van der Waals surface area contributed by atoms with E-state index in [1.807, 2.05) is 0 Å². The third-order valence-electron chi connectivity index (χ3n) is 6.22. The zero-order valence-electron chi connectivity index (χ0n) is 22.9. The molecule has 0 aromatic carbocycles. The molecule has 2 aromatic rings. The minimum absolute atomic E-state index is 0.0281. The molecule has 2 N–H and O–H groups in total. The number of hydrogen-bond acceptors (Lipinski definition) is 8. The van der Waals surface area contributed by atoms with Crippen LogP contribution in [0.3, 0.4) is 0 Å². The number of thiophene rings is 1. The maximum absolute atomic E-state index is 16.0. The van der Waals surface area contributed by atoms with Gasteiger partial charge in [0.25, 0.3) is 5.91 Å². The van der Waals surface area contributed by atoms with Gasteiger partial charge in [0.15, 0.2) is 11.6 Å². The van der Waals surface area contributed by atoms with Crippen molar-refractivity contribution in [2.45, 2.75) is 97.1 Å². The third kappa shape index (κ3) is 6.66. The average Bonchev–Trinajstić information content (AvgIpc) is 3.38. The molecule has 1 fully saturated rings. The van der Waals surface area contributed by atoms with Crippen molar-refractivity contribution < 1.29 is 32.6 Å². The molecule has 0 bridgehead atoms. The second-order valence-electron chi connectivity index (χ2n) is 11.8. The van der Waals surface area contributed by atoms with Crippen molar-refractivity contribution in [3.8, 4) is 10.6 Å². The molecule has 212 valence electrons. The summed E-state index contributed by atoms with van der Waals surface area (Å²) in [6, 6.07) is 0.482. The van der Waals surface area contributed by atoms with Gasteiger partial charge in [0.1, 0.15) is 17.0 Å². The van der Waals surface area contributed by atoms with Crippen LogP contribution in [0.25, 0.3) is 10.6 Å². The normalized spacial score (nSPS) is 19.5. The van der Waals surface area contributed by atoms with Crippen molar-refractivity contribution in [1.29, 1.82) is 0 Å². The summed E-state index contributed by atoms with van der Waals surface area (Å²) in [7, 11) is 0. The molecule has 1 saturated carbocycles. The van der Waals surface area contributed by atoms with Gasteiger partial charge < -0.3 is 20.1 Å². The zero-order chi connectivity index (χ0) is 28.7. The van der Waals surface area contributed by atoms with Gasteiger partial charge in [-0.3, -0.25) is 4.79 Å². The third-order valence-corrected chi connectivity index (χ3v) is 7.12. The number of halogens is 2. The molecule has 2 atom stereocenters. The second kappa shape index (κ2) is 10.7. The summed E-state index contributed by atoms with van der Waals surface area (Å²) in [5, 5.41) is 7.25. The minimum Gasteiger partial charge on any atom is -0.444 e. The van der Waals surface area contributed by atoms with Crippen molar-refractivity contribution in [3.05, 3.63) is 34.2 Å². The highest BCUT2D eigenvalue weighted by atomic mass is 32.1. The molecule has 39 heavy (non-hydrogen) atoms. The molecule has 9 nitrogen and oxygen atoms in total. The summed E-state index contributed by atoms with van der Waals surface area (Å²) in [5.74, 6) is -2.21. The number of nitrogens with zero attached hydrogens (tertiary/aromatic N) is 2. The molecule has 3 amide bonds. The Morgan fingerprint density at radius 3 is 2.28 bits per heavy atom. The number of carbonyl (C=O) groups excluding carboxylic acids is 3. The number of imide groups is 1. The van der Waals surface area contributed by atoms with Crippen LogP contribution in [0.2, 0.25) is 0 Å². The lowest BCUT2D eigenvalue weighted by Crippen LogP contribution is -2.50. The molecule has 0 unspecified atom stereocenters. The Balaban J connectivity index is 1.68. The summed E-state index contributed by atoms with van der Waals surface area (Å²) < 4.78 is 40.7. The van der Waals surface area contributed by atoms with Crippen molar-refractivity contribution in [1.82, 2.24) is 15.2 Å². The molecular formula is C27H34F2N4O5S. The summed E-state index contributed by atoms with van der Waals surface area (Å²) in [4.78, 5) is 44.1. The second-order valence-corrected chi connectivity index (χ2v) is 12.7. The smallest absolute Gasteiger partial charge is 0.417 e. The van der Waals surface area contributed by atoms with Crippen LogP contribution < -0.4 is 10.6 Å². The van der Waals surface area contributed by atoms with Gasteiger partial charge in [-0.15, -0.1) is 11.3 Å². The Hall–Kier alpha value is -3.28. The monoisotopic (exact) mass is 564 g/mol. The summed E-state index contributed by atoms with van der Waals surface area (Å²) in [6.07, 6.45) is 1.52. The van der Waals surface area contributed by atoms with E-state index in [0.717, 1.165) is 29.1 Å². The van der Waals surface area contributed by atoms with Gasteiger partial charge in [-0.2, -0.15) is 0 Å². The fraction of sp³-hybridized carbons (Fsp3) is 0.556. The molecule has 0 radical (unpaired) electrons. The molecule has 2 aromatic heterocycles. The van der Waals surface area contributed by atoms with Gasteiger partial charge in [0.2, 0.25) is 0 Å². The Morgan fingerprint density at radius 2 is 1.69 bits per heavy atom. The number of pyridine rings is 1. The lowest BCUT2D eigenvalue weighted by molar-refractivity contribution is 0.0247. The lowest BCUT2D eigenvalue weighted by Gasteiger charge is -2.34. The van der Waals surface area contributed by atoms with E-state index < -0.39 is 40.9 Å². The maximum atomic E-state index is 16.0. The fourth-order valence-electron chi connectivity index (χ4n) is 4.64. The Labute approximate surface area is 230 Å². The van der Waals surface area contributed by atoms with Gasteiger partial charge >= 0.3 is 12.2 Å². The zero-order valence-corrected chi connectivity index (χ0v) is 23.8. The van der Waals surface area contributed by atoms with Crippen molar-refractivity contribution in [3.63, 3.8) is 0 Å². The fourth-order valence-corrected chi connectivity index (χ4v) is 5.39. The van der Waals surface area contributed by atoms with Crippen molar-refractivity contribution in [2.75, 3.05) is 5.32 Å². The standard InChI is InChI=1S/C27H34F2N4O5S/c1-26(2,3)37-24(35)31-17-10-8-7-9-16(17)30-22-20(29)15-12-33(25(36)38-27(4,5)6)23(34)19(15)21(32-22)18-11-14(28)13-39-18/h11,13,16-17H,7-10,12H2,1-6H3,(H,30,32)(H,31,35)/t16-,17+/m1/s1. The van der Waals surface area contributed by atoms with Crippen LogP contribution in [0.15, 0.2) is 11.4 Å². The number of hydrogen-bond donors (Lipinski definition) is 2. The van der Waals surface area contributed by atoms with Crippen molar-refractivity contribution in [2.24, 2.45) is 0 Å². The predicted molar refractivity (Wildman–Crippen MR) is 143 cm³/mol. The quantitative estimate of drug-likeness (QED) is 0.453. The number of anilines is 1. The minimum atomic E-state index is -0.908. The Bertz CT molecular complexity index is 1280. The average molecular weight is 565 g/mol. The largest absolute Gasteiger partial charge is 0.444 e. The Morgan fingerprint density at radius 1 is 1.05 bits per heavy atom. The summed E-state index contributed by atoms with van der Waals surface area (Å²) in [6.45, 7) is 9.94. The number of ether oxygens (including phenoxy) is 2. The maximum Gasteiger partial charge on any atom is 0.417 e. The first-order valence-corrected chi connectivity index (χ1v) is 13.8. The van der Waals surface area contributed by atoms with Crippen molar-refractivity contribution >= 4 is 35.2 Å². The topological polar surface area (TPSA) is 110 Å². The van der Waals surface area contributed by atoms with E-state index in [-0.39, 0.29) is 41.3 Å². The van der Waals surface area contributed by atoms with E-state index in [4.69, 9.17) is 9.47 Å². The highest BCUT2D eigenvalue weighted by molar-refractivity contribution is 7.13. The number of carbonyl (C=O) groups is 3. The molecule has 2 aliphatic rings. The number of rotatable bonds is 4. The first-order valence-electron chi connectivity index (χ1n) is 12.9. The van der Waals surface area contributed by atoms with Gasteiger partial charge in [0.05, 0.1) is 28.7 Å². The van der Waals surface area contributed by atoms with E-state index in [1.54, 1.807) is 41.5 Å². The van der Waals surface area contributed by atoms with E-state index in [9.17, 15) is 18.8 Å². The first kappa shape index (κ1) is 28.7. The SMILES string of the molecule is CC(C)(C)OC(=O)N[C@H]1CCCC[C@H]1Nc1nc(-c2cc(F)cs2)c2c(c1F)CN(C(=O)OC(C)(C)C)C2=O. The van der Waals surface area contributed by atoms with Crippen LogP contribution >= 0.6 is 11.3 Å². The molecule has 0 spiro atoms. The number of fused-ring (bicyclic) bond motifs is 1. The summed E-state index contributed by atoms with van der Waals surface area (Å²) in [5.41, 5.74) is -1.59. The van der Waals surface area contributed by atoms with Crippen LogP contribution in [-0.2, 0) is 16.0 Å². The van der Waals surface area contributed by atoms with E-state index >= 15 is 4.39 Å².